The minimum atomic E-state index is -0.595. The van der Waals surface area contributed by atoms with Crippen molar-refractivity contribution in [3.8, 4) is 0 Å². The van der Waals surface area contributed by atoms with Gasteiger partial charge >= 0.3 is 5.97 Å². The Hall–Kier alpha value is -2.97. The Bertz CT molecular complexity index is 860. The largest absolute Gasteiger partial charge is 0.464 e. The van der Waals surface area contributed by atoms with Crippen LogP contribution in [0.3, 0.4) is 0 Å². The number of hydrogen-bond acceptors (Lipinski definition) is 8. The lowest BCUT2D eigenvalue weighted by molar-refractivity contribution is 0.0594. The van der Waals surface area contributed by atoms with Gasteiger partial charge in [-0.1, -0.05) is 0 Å². The third kappa shape index (κ3) is 2.50. The van der Waals surface area contributed by atoms with Crippen LogP contribution in [-0.4, -0.2) is 32.6 Å². The molecule has 0 saturated carbocycles. The summed E-state index contributed by atoms with van der Waals surface area (Å²) in [4.78, 5) is 38.4. The molecule has 2 aromatic rings. The molecular weight excluding hydrogens is 300 g/mol. The fourth-order valence-corrected chi connectivity index (χ4v) is 2.47. The molecule has 120 valence electrons. The number of fused-ring (bicyclic) bond motifs is 1. The zero-order valence-corrected chi connectivity index (χ0v) is 13.0. The van der Waals surface area contributed by atoms with Gasteiger partial charge in [0, 0.05) is 13.1 Å². The summed E-state index contributed by atoms with van der Waals surface area (Å²) >= 11 is 0. The van der Waals surface area contributed by atoms with Gasteiger partial charge in [0.15, 0.2) is 5.69 Å². The summed E-state index contributed by atoms with van der Waals surface area (Å²) in [6.07, 6.45) is 0. The lowest BCUT2D eigenvalue weighted by Crippen LogP contribution is -2.25. The van der Waals surface area contributed by atoms with E-state index in [1.807, 2.05) is 0 Å². The fourth-order valence-electron chi connectivity index (χ4n) is 2.47. The van der Waals surface area contributed by atoms with Crippen molar-refractivity contribution >= 4 is 17.7 Å². The number of carbonyl (C=O) groups excluding carboxylic acids is 1. The molecule has 2 aromatic heterocycles. The smallest absolute Gasteiger partial charge is 0.356 e. The van der Waals surface area contributed by atoms with Crippen LogP contribution in [0.5, 0.6) is 0 Å². The molecule has 1 aliphatic rings. The topological polar surface area (TPSA) is 116 Å². The number of aromatic nitrogens is 4. The Morgan fingerprint density at radius 3 is 2.74 bits per heavy atom. The molecule has 9 nitrogen and oxygen atoms in total. The summed E-state index contributed by atoms with van der Waals surface area (Å²) in [5.74, 6) is 0.466. The summed E-state index contributed by atoms with van der Waals surface area (Å²) in [6, 6.07) is 1.35. The molecule has 1 aliphatic heterocycles. The highest BCUT2D eigenvalue weighted by molar-refractivity contribution is 5.88. The van der Waals surface area contributed by atoms with E-state index in [0.29, 0.717) is 30.2 Å². The van der Waals surface area contributed by atoms with E-state index in [1.165, 1.54) is 17.7 Å². The van der Waals surface area contributed by atoms with Gasteiger partial charge in [-0.05, 0) is 6.92 Å². The number of ether oxygens (including phenoxy) is 1. The van der Waals surface area contributed by atoms with E-state index in [4.69, 9.17) is 5.73 Å². The Labute approximate surface area is 131 Å². The van der Waals surface area contributed by atoms with Gasteiger partial charge in [-0.15, -0.1) is 0 Å². The Morgan fingerprint density at radius 2 is 2.04 bits per heavy atom. The van der Waals surface area contributed by atoms with Gasteiger partial charge in [0.2, 0.25) is 5.95 Å². The molecule has 0 fully saturated rings. The van der Waals surface area contributed by atoms with E-state index in [2.05, 4.69) is 19.7 Å². The van der Waals surface area contributed by atoms with Gasteiger partial charge < -0.3 is 15.4 Å². The highest BCUT2D eigenvalue weighted by atomic mass is 16.5. The molecule has 3 heterocycles. The predicted octanol–water partition coefficient (Wildman–Crippen LogP) is -0.232. The van der Waals surface area contributed by atoms with Crippen LogP contribution in [0, 0.1) is 6.92 Å². The van der Waals surface area contributed by atoms with Crippen molar-refractivity contribution in [2.24, 2.45) is 7.05 Å². The van der Waals surface area contributed by atoms with Crippen molar-refractivity contribution in [3.63, 3.8) is 0 Å². The summed E-state index contributed by atoms with van der Waals surface area (Å²) in [6.45, 7) is 2.48. The van der Waals surface area contributed by atoms with Crippen molar-refractivity contribution in [2.75, 3.05) is 17.7 Å². The van der Waals surface area contributed by atoms with Crippen molar-refractivity contribution in [2.45, 2.75) is 20.0 Å². The third-order valence-corrected chi connectivity index (χ3v) is 3.79. The van der Waals surface area contributed by atoms with Crippen molar-refractivity contribution in [3.05, 3.63) is 39.2 Å². The first-order valence-electron chi connectivity index (χ1n) is 6.94. The summed E-state index contributed by atoms with van der Waals surface area (Å²) in [5.41, 5.74) is 7.01. The van der Waals surface area contributed by atoms with Crippen LogP contribution in [-0.2, 0) is 24.9 Å². The molecule has 0 spiro atoms. The first-order valence-corrected chi connectivity index (χ1v) is 6.94. The average molecular weight is 316 g/mol. The lowest BCUT2D eigenvalue weighted by Gasteiger charge is -2.15. The van der Waals surface area contributed by atoms with Gasteiger partial charge in [0.1, 0.15) is 11.6 Å². The maximum Gasteiger partial charge on any atom is 0.356 e. The van der Waals surface area contributed by atoms with Crippen LogP contribution < -0.4 is 16.2 Å². The first-order chi connectivity index (χ1) is 10.9. The van der Waals surface area contributed by atoms with E-state index in [0.717, 1.165) is 0 Å². The Morgan fingerprint density at radius 1 is 1.30 bits per heavy atom. The predicted molar refractivity (Wildman–Crippen MR) is 81.9 cm³/mol. The van der Waals surface area contributed by atoms with Crippen LogP contribution >= 0.6 is 0 Å². The Balaban J connectivity index is 2.00. The van der Waals surface area contributed by atoms with Crippen LogP contribution in [0.4, 0.5) is 11.8 Å². The van der Waals surface area contributed by atoms with Gasteiger partial charge in [-0.25, -0.2) is 14.8 Å². The monoisotopic (exact) mass is 316 g/mol. The maximum absolute atomic E-state index is 12.3. The van der Waals surface area contributed by atoms with Crippen molar-refractivity contribution in [1.29, 1.82) is 0 Å². The average Bonchev–Trinajstić information content (AvgIpc) is 2.95. The quantitative estimate of drug-likeness (QED) is 0.755. The van der Waals surface area contributed by atoms with Crippen LogP contribution in [0.2, 0.25) is 0 Å². The van der Waals surface area contributed by atoms with Crippen LogP contribution in [0.15, 0.2) is 10.9 Å². The van der Waals surface area contributed by atoms with E-state index in [-0.39, 0.29) is 23.0 Å². The Kier molecular flexibility index (Phi) is 3.47. The zero-order chi connectivity index (χ0) is 16.7. The number of nitrogens with zero attached hydrogens (tertiary/aromatic N) is 5. The summed E-state index contributed by atoms with van der Waals surface area (Å²) < 4.78 is 6.15. The molecule has 2 N–H and O–H groups in total. The number of methoxy groups -OCH3 is 1. The van der Waals surface area contributed by atoms with E-state index in [9.17, 15) is 9.59 Å². The molecule has 0 aliphatic carbocycles. The van der Waals surface area contributed by atoms with Gasteiger partial charge in [-0.2, -0.15) is 4.98 Å². The number of aryl methyl sites for hydroxylation is 1. The van der Waals surface area contributed by atoms with Crippen LogP contribution in [0.1, 0.15) is 27.6 Å². The second kappa shape index (κ2) is 5.34. The van der Waals surface area contributed by atoms with Gasteiger partial charge in [-0.3, -0.25) is 9.36 Å². The van der Waals surface area contributed by atoms with Crippen LogP contribution in [0.25, 0.3) is 0 Å². The number of nitrogen functional groups attached to an aromatic ring is 1. The number of nitrogens with two attached hydrogens (primary N) is 1. The molecule has 0 saturated heterocycles. The molecule has 0 radical (unpaired) electrons. The minimum absolute atomic E-state index is 0.0722. The maximum atomic E-state index is 12.3. The van der Waals surface area contributed by atoms with E-state index >= 15 is 0 Å². The number of esters is 1. The molecule has 23 heavy (non-hydrogen) atoms. The molecular formula is C14H16N6O3. The third-order valence-electron chi connectivity index (χ3n) is 3.79. The second-order valence-electron chi connectivity index (χ2n) is 5.27. The number of carbonyl (C=O) groups is 1. The molecule has 0 atom stereocenters. The number of rotatable bonds is 2. The highest BCUT2D eigenvalue weighted by Crippen LogP contribution is 2.23. The zero-order valence-electron chi connectivity index (χ0n) is 13.0. The molecule has 3 rings (SSSR count). The molecule has 0 unspecified atom stereocenters. The van der Waals surface area contributed by atoms with E-state index in [1.54, 1.807) is 18.9 Å². The van der Waals surface area contributed by atoms with Gasteiger partial charge in [0.25, 0.3) is 5.56 Å². The lowest BCUT2D eigenvalue weighted by atomic mass is 10.2. The molecule has 9 heteroatoms. The number of anilines is 2. The second-order valence-corrected chi connectivity index (χ2v) is 5.27. The van der Waals surface area contributed by atoms with Crippen molar-refractivity contribution < 1.29 is 9.53 Å². The van der Waals surface area contributed by atoms with E-state index < -0.39 is 5.97 Å². The van der Waals surface area contributed by atoms with Crippen molar-refractivity contribution in [1.82, 2.24) is 19.5 Å². The summed E-state index contributed by atoms with van der Waals surface area (Å²) in [5, 5.41) is 0. The normalized spacial score (nSPS) is 13.1. The van der Waals surface area contributed by atoms with Gasteiger partial charge in [0.05, 0.1) is 31.5 Å². The highest BCUT2D eigenvalue weighted by Gasteiger charge is 2.27. The molecule has 0 aromatic carbocycles. The summed E-state index contributed by atoms with van der Waals surface area (Å²) in [7, 11) is 2.95. The SMILES string of the molecule is COC(=O)c1cc(N)nc(N2Cc3nc(C)n(C)c(=O)c3C2)n1. The molecule has 0 amide bonds. The minimum Gasteiger partial charge on any atom is -0.464 e. The standard InChI is InChI=1S/C14H16N6O3/c1-7-16-10-6-20(5-8(10)12(21)19(7)2)14-17-9(13(22)23-3)4-11(15)18-14/h4H,5-6H2,1-3H3,(H2,15,17,18). The number of hydrogen-bond donors (Lipinski definition) is 1. The first kappa shape index (κ1) is 14.9. The fraction of sp³-hybridized carbons (Fsp3) is 0.357. The molecule has 0 bridgehead atoms.